The summed E-state index contributed by atoms with van der Waals surface area (Å²) < 4.78 is 0. The molecule has 0 saturated heterocycles. The number of hydrogen-bond donors (Lipinski definition) is 2. The van der Waals surface area contributed by atoms with Gasteiger partial charge in [0.1, 0.15) is 0 Å². The van der Waals surface area contributed by atoms with Crippen LogP contribution in [-0.4, -0.2) is 11.8 Å². The average molecular weight is 497 g/mol. The predicted molar refractivity (Wildman–Crippen MR) is 153 cm³/mol. The van der Waals surface area contributed by atoms with E-state index in [1.807, 2.05) is 140 Å². The van der Waals surface area contributed by atoms with Gasteiger partial charge in [-0.15, -0.1) is 0 Å². The van der Waals surface area contributed by atoms with Crippen molar-refractivity contribution in [1.29, 1.82) is 0 Å². The molecule has 4 heteroatoms. The first kappa shape index (κ1) is 24.7. The zero-order chi connectivity index (χ0) is 26.2. The first-order valence-corrected chi connectivity index (χ1v) is 12.6. The van der Waals surface area contributed by atoms with E-state index < -0.39 is 11.8 Å². The minimum atomic E-state index is -0.462. The monoisotopic (exact) mass is 496 g/mol. The van der Waals surface area contributed by atoms with Crippen LogP contribution in [0.4, 0.5) is 11.4 Å². The van der Waals surface area contributed by atoms with E-state index in [-0.39, 0.29) is 11.8 Å². The van der Waals surface area contributed by atoms with E-state index in [0.717, 1.165) is 22.3 Å². The molecule has 4 nitrogen and oxygen atoms in total. The van der Waals surface area contributed by atoms with Gasteiger partial charge in [-0.05, 0) is 40.5 Å². The first-order valence-electron chi connectivity index (χ1n) is 12.6. The van der Waals surface area contributed by atoms with Crippen molar-refractivity contribution >= 4 is 23.2 Å². The van der Waals surface area contributed by atoms with Crippen LogP contribution in [0, 0.1) is 0 Å². The number of carbonyl (C=O) groups is 2. The summed E-state index contributed by atoms with van der Waals surface area (Å²) in [6, 6.07) is 46.2. The molecule has 38 heavy (non-hydrogen) atoms. The molecule has 0 bridgehead atoms. The molecule has 5 aromatic carbocycles. The Balaban J connectivity index is 1.37. The van der Waals surface area contributed by atoms with Crippen LogP contribution in [0.15, 0.2) is 146 Å². The summed E-state index contributed by atoms with van der Waals surface area (Å²) >= 11 is 0. The highest BCUT2D eigenvalue weighted by atomic mass is 16.2. The second-order valence-electron chi connectivity index (χ2n) is 9.07. The summed E-state index contributed by atoms with van der Waals surface area (Å²) in [5.74, 6) is -1.21. The van der Waals surface area contributed by atoms with Crippen molar-refractivity contribution in [3.8, 4) is 0 Å². The molecule has 0 aromatic heterocycles. The van der Waals surface area contributed by atoms with Gasteiger partial charge >= 0.3 is 0 Å². The molecule has 0 aliphatic rings. The van der Waals surface area contributed by atoms with Crippen molar-refractivity contribution in [1.82, 2.24) is 0 Å². The summed E-state index contributed by atoms with van der Waals surface area (Å²) in [4.78, 5) is 27.1. The molecule has 0 heterocycles. The van der Waals surface area contributed by atoms with Crippen LogP contribution >= 0.6 is 0 Å². The van der Waals surface area contributed by atoms with Crippen LogP contribution in [0.25, 0.3) is 0 Å². The molecule has 0 fully saturated rings. The smallest absolute Gasteiger partial charge is 0.236 e. The lowest BCUT2D eigenvalue weighted by atomic mass is 9.90. The van der Waals surface area contributed by atoms with Crippen molar-refractivity contribution in [2.45, 2.75) is 11.8 Å². The average Bonchev–Trinajstić information content (AvgIpc) is 2.96. The van der Waals surface area contributed by atoms with Crippen LogP contribution in [0.1, 0.15) is 34.1 Å². The normalized spacial score (nSPS) is 10.8. The molecule has 0 aliphatic carbocycles. The molecule has 0 atom stereocenters. The van der Waals surface area contributed by atoms with Gasteiger partial charge in [0.25, 0.3) is 0 Å². The predicted octanol–water partition coefficient (Wildman–Crippen LogP) is 7.23. The molecule has 0 saturated carbocycles. The second-order valence-corrected chi connectivity index (χ2v) is 9.07. The summed E-state index contributed by atoms with van der Waals surface area (Å²) in [5.41, 5.74) is 4.87. The van der Waals surface area contributed by atoms with Gasteiger partial charge in [0.05, 0.1) is 11.8 Å². The largest absolute Gasteiger partial charge is 0.325 e. The molecular weight excluding hydrogens is 468 g/mol. The zero-order valence-electron chi connectivity index (χ0n) is 20.8. The maximum absolute atomic E-state index is 13.5. The van der Waals surface area contributed by atoms with Crippen molar-refractivity contribution in [2.24, 2.45) is 0 Å². The van der Waals surface area contributed by atoms with E-state index in [2.05, 4.69) is 10.6 Å². The third-order valence-corrected chi connectivity index (χ3v) is 6.45. The standard InChI is InChI=1S/C34H28N2O2/c37-33(31(25-14-5-1-6-15-25)26-16-7-2-8-17-26)35-29-22-13-23-30(24-29)36-34(38)32(27-18-9-3-10-19-27)28-20-11-4-12-21-28/h1-24,31-32H,(H,35,37)(H,36,38). The van der Waals surface area contributed by atoms with E-state index in [1.165, 1.54) is 0 Å². The number of nitrogens with one attached hydrogen (secondary N) is 2. The van der Waals surface area contributed by atoms with Gasteiger partial charge in [0.15, 0.2) is 0 Å². The lowest BCUT2D eigenvalue weighted by Gasteiger charge is -2.19. The fourth-order valence-corrected chi connectivity index (χ4v) is 4.68. The molecule has 5 aromatic rings. The Labute approximate surface area is 223 Å². The Hall–Kier alpha value is -4.96. The van der Waals surface area contributed by atoms with Crippen LogP contribution < -0.4 is 10.6 Å². The topological polar surface area (TPSA) is 58.2 Å². The van der Waals surface area contributed by atoms with Gasteiger partial charge in [-0.2, -0.15) is 0 Å². The van der Waals surface area contributed by atoms with Gasteiger partial charge in [0, 0.05) is 11.4 Å². The molecule has 0 radical (unpaired) electrons. The van der Waals surface area contributed by atoms with Crippen molar-refractivity contribution in [3.63, 3.8) is 0 Å². The Bertz CT molecular complexity index is 1300. The van der Waals surface area contributed by atoms with Crippen LogP contribution in [-0.2, 0) is 9.59 Å². The Kier molecular flexibility index (Phi) is 7.71. The van der Waals surface area contributed by atoms with Gasteiger partial charge in [-0.25, -0.2) is 0 Å². The number of hydrogen-bond acceptors (Lipinski definition) is 2. The SMILES string of the molecule is O=C(Nc1cccc(NC(=O)C(c2ccccc2)c2ccccc2)c1)C(c1ccccc1)c1ccccc1. The minimum Gasteiger partial charge on any atom is -0.325 e. The summed E-state index contributed by atoms with van der Waals surface area (Å²) in [5, 5.41) is 6.11. The van der Waals surface area contributed by atoms with Crippen molar-refractivity contribution < 1.29 is 9.59 Å². The summed E-state index contributed by atoms with van der Waals surface area (Å²) in [6.45, 7) is 0. The fourth-order valence-electron chi connectivity index (χ4n) is 4.68. The molecule has 2 N–H and O–H groups in total. The van der Waals surface area contributed by atoms with Crippen LogP contribution in [0.3, 0.4) is 0 Å². The van der Waals surface area contributed by atoms with Gasteiger partial charge in [-0.1, -0.05) is 127 Å². The molecule has 186 valence electrons. The molecule has 0 aliphatic heterocycles. The number of rotatable bonds is 8. The van der Waals surface area contributed by atoms with E-state index in [1.54, 1.807) is 6.07 Å². The lowest BCUT2D eigenvalue weighted by molar-refractivity contribution is -0.117. The van der Waals surface area contributed by atoms with Crippen molar-refractivity contribution in [3.05, 3.63) is 168 Å². The summed E-state index contributed by atoms with van der Waals surface area (Å²) in [7, 11) is 0. The minimum absolute atomic E-state index is 0.141. The van der Waals surface area contributed by atoms with E-state index >= 15 is 0 Å². The molecule has 0 unspecified atom stereocenters. The quantitative estimate of drug-likeness (QED) is 0.238. The molecular formula is C34H28N2O2. The lowest BCUT2D eigenvalue weighted by Crippen LogP contribution is -2.23. The maximum Gasteiger partial charge on any atom is 0.236 e. The third kappa shape index (κ3) is 5.88. The zero-order valence-corrected chi connectivity index (χ0v) is 20.8. The first-order chi connectivity index (χ1) is 18.7. The van der Waals surface area contributed by atoms with Crippen molar-refractivity contribution in [2.75, 3.05) is 10.6 Å². The van der Waals surface area contributed by atoms with E-state index in [4.69, 9.17) is 0 Å². The second kappa shape index (κ2) is 11.8. The highest BCUT2D eigenvalue weighted by Crippen LogP contribution is 2.29. The Morgan fingerprint density at radius 3 is 0.974 bits per heavy atom. The summed E-state index contributed by atoms with van der Waals surface area (Å²) in [6.07, 6.45) is 0. The number of amides is 2. The van der Waals surface area contributed by atoms with Gasteiger partial charge in [0.2, 0.25) is 11.8 Å². The number of benzene rings is 5. The number of carbonyl (C=O) groups excluding carboxylic acids is 2. The third-order valence-electron chi connectivity index (χ3n) is 6.45. The fraction of sp³-hybridized carbons (Fsp3) is 0.0588. The Morgan fingerprint density at radius 2 is 0.684 bits per heavy atom. The Morgan fingerprint density at radius 1 is 0.395 bits per heavy atom. The molecule has 2 amide bonds. The maximum atomic E-state index is 13.5. The molecule has 5 rings (SSSR count). The highest BCUT2D eigenvalue weighted by Gasteiger charge is 2.24. The van der Waals surface area contributed by atoms with E-state index in [0.29, 0.717) is 11.4 Å². The van der Waals surface area contributed by atoms with Gasteiger partial charge in [-0.3, -0.25) is 9.59 Å². The van der Waals surface area contributed by atoms with Crippen LogP contribution in [0.2, 0.25) is 0 Å². The van der Waals surface area contributed by atoms with Gasteiger partial charge < -0.3 is 10.6 Å². The van der Waals surface area contributed by atoms with E-state index in [9.17, 15) is 9.59 Å². The highest BCUT2D eigenvalue weighted by molar-refractivity contribution is 6.00. The molecule has 0 spiro atoms. The van der Waals surface area contributed by atoms with Crippen LogP contribution in [0.5, 0.6) is 0 Å². The number of anilines is 2.